The van der Waals surface area contributed by atoms with Gasteiger partial charge in [-0.05, 0) is 37.1 Å². The number of fused-ring (bicyclic) bond motifs is 5. The van der Waals surface area contributed by atoms with Crippen molar-refractivity contribution in [1.29, 1.82) is 0 Å². The molecule has 2 aromatic rings. The van der Waals surface area contributed by atoms with E-state index in [0.29, 0.717) is 34.3 Å². The standard InChI is InChI=1S/C28H35NO12/c1-12(2)8-9-29-11-37-16-7-6-15-18-22(40-23(15)24(16)36-3)14-5-4-13(10-17(14)39-27(18)35)38-28-21(32)19(30)20(31)25(41-28)26(33)34/h4-7,10,12,18-22,25,27-32,35H,8-9,11H2,1-3H3,(H,33,34)/t18-,19-,20-,21+,22+,25-,27-,28-/m0/s1. The van der Waals surface area contributed by atoms with Crippen molar-refractivity contribution in [3.8, 4) is 28.7 Å². The first-order chi connectivity index (χ1) is 19.6. The summed E-state index contributed by atoms with van der Waals surface area (Å²) in [6.07, 6.45) is -9.68. The van der Waals surface area contributed by atoms with Crippen molar-refractivity contribution in [2.75, 3.05) is 20.4 Å². The molecule has 13 nitrogen and oxygen atoms in total. The van der Waals surface area contributed by atoms with Gasteiger partial charge in [0.15, 0.2) is 17.6 Å². The smallest absolute Gasteiger partial charge is 0.335 e. The normalized spacial score (nSPS) is 30.0. The molecule has 6 N–H and O–H groups in total. The van der Waals surface area contributed by atoms with Crippen molar-refractivity contribution in [3.63, 3.8) is 0 Å². The minimum absolute atomic E-state index is 0.0972. The molecule has 0 aromatic heterocycles. The zero-order chi connectivity index (χ0) is 29.4. The van der Waals surface area contributed by atoms with E-state index in [2.05, 4.69) is 19.2 Å². The van der Waals surface area contributed by atoms with Crippen molar-refractivity contribution in [3.05, 3.63) is 41.5 Å². The Morgan fingerprint density at radius 2 is 1.78 bits per heavy atom. The Kier molecular flexibility index (Phi) is 8.45. The molecule has 5 rings (SSSR count). The summed E-state index contributed by atoms with van der Waals surface area (Å²) in [4.78, 5) is 11.4. The maximum Gasteiger partial charge on any atom is 0.335 e. The van der Waals surface area contributed by atoms with Crippen LogP contribution < -0.4 is 29.0 Å². The summed E-state index contributed by atoms with van der Waals surface area (Å²) in [6, 6.07) is 8.18. The maximum atomic E-state index is 11.4. The highest BCUT2D eigenvalue weighted by atomic mass is 16.7. The summed E-state index contributed by atoms with van der Waals surface area (Å²) in [7, 11) is 1.51. The van der Waals surface area contributed by atoms with E-state index in [1.165, 1.54) is 19.2 Å². The minimum atomic E-state index is -1.84. The largest absolute Gasteiger partial charge is 0.490 e. The Morgan fingerprint density at radius 3 is 2.49 bits per heavy atom. The first kappa shape index (κ1) is 29.2. The second-order valence-electron chi connectivity index (χ2n) is 10.6. The van der Waals surface area contributed by atoms with Crippen molar-refractivity contribution in [1.82, 2.24) is 5.32 Å². The molecule has 1 saturated heterocycles. The predicted octanol–water partition coefficient (Wildman–Crippen LogP) is 0.866. The second-order valence-corrected chi connectivity index (χ2v) is 10.6. The number of nitrogens with one attached hydrogen (secondary N) is 1. The first-order valence-electron chi connectivity index (χ1n) is 13.4. The third-order valence-electron chi connectivity index (χ3n) is 7.38. The van der Waals surface area contributed by atoms with Crippen LogP contribution in [-0.4, -0.2) is 88.9 Å². The summed E-state index contributed by atoms with van der Waals surface area (Å²) < 4.78 is 34.4. The Balaban J connectivity index is 1.33. The number of methoxy groups -OCH3 is 1. The van der Waals surface area contributed by atoms with Crippen LogP contribution in [0.5, 0.6) is 28.7 Å². The molecule has 224 valence electrons. The number of aliphatic carboxylic acids is 1. The molecule has 2 aromatic carbocycles. The van der Waals surface area contributed by atoms with Gasteiger partial charge >= 0.3 is 5.97 Å². The highest BCUT2D eigenvalue weighted by Gasteiger charge is 2.49. The lowest BCUT2D eigenvalue weighted by Crippen LogP contribution is -2.61. The number of hydrogen-bond donors (Lipinski definition) is 6. The van der Waals surface area contributed by atoms with Crippen molar-refractivity contribution in [2.45, 2.75) is 69.3 Å². The van der Waals surface area contributed by atoms with Crippen LogP contribution in [0.1, 0.15) is 43.4 Å². The van der Waals surface area contributed by atoms with E-state index >= 15 is 0 Å². The van der Waals surface area contributed by atoms with E-state index in [9.17, 15) is 30.3 Å². The number of carboxylic acid groups (broad SMARTS) is 1. The van der Waals surface area contributed by atoms with Crippen LogP contribution in [0.15, 0.2) is 30.3 Å². The molecule has 41 heavy (non-hydrogen) atoms. The molecule has 0 unspecified atom stereocenters. The van der Waals surface area contributed by atoms with Crippen LogP contribution >= 0.6 is 0 Å². The molecule has 0 spiro atoms. The zero-order valence-electron chi connectivity index (χ0n) is 22.8. The minimum Gasteiger partial charge on any atom is -0.490 e. The lowest BCUT2D eigenvalue weighted by atomic mass is 9.88. The lowest BCUT2D eigenvalue weighted by Gasteiger charge is -2.38. The highest BCUT2D eigenvalue weighted by Crippen LogP contribution is 2.57. The van der Waals surface area contributed by atoms with Crippen LogP contribution in [-0.2, 0) is 9.53 Å². The fraction of sp³-hybridized carbons (Fsp3) is 0.536. The molecule has 1 fully saturated rings. The quantitative estimate of drug-likeness (QED) is 0.173. The highest BCUT2D eigenvalue weighted by molar-refractivity contribution is 5.73. The molecule has 0 saturated carbocycles. The molecule has 3 aliphatic heterocycles. The molecular weight excluding hydrogens is 542 g/mol. The van der Waals surface area contributed by atoms with E-state index in [4.69, 9.17) is 28.4 Å². The number of aliphatic hydroxyl groups excluding tert-OH is 4. The van der Waals surface area contributed by atoms with Crippen LogP contribution in [0.2, 0.25) is 0 Å². The summed E-state index contributed by atoms with van der Waals surface area (Å²) in [6.45, 7) is 5.40. The average Bonchev–Trinajstić information content (AvgIpc) is 3.33. The van der Waals surface area contributed by atoms with Gasteiger partial charge in [-0.15, -0.1) is 0 Å². The zero-order valence-corrected chi connectivity index (χ0v) is 22.8. The number of hydrogen-bond acceptors (Lipinski definition) is 12. The van der Waals surface area contributed by atoms with Crippen molar-refractivity contribution >= 4 is 5.97 Å². The summed E-state index contributed by atoms with van der Waals surface area (Å²) >= 11 is 0. The lowest BCUT2D eigenvalue weighted by molar-refractivity contribution is -0.271. The number of aliphatic hydroxyl groups is 4. The Bertz CT molecular complexity index is 1250. The maximum absolute atomic E-state index is 11.4. The van der Waals surface area contributed by atoms with Gasteiger partial charge < -0.3 is 54.0 Å². The van der Waals surface area contributed by atoms with E-state index in [-0.39, 0.29) is 18.2 Å². The molecule has 3 heterocycles. The van der Waals surface area contributed by atoms with Crippen molar-refractivity contribution < 1.29 is 58.7 Å². The topological polar surface area (TPSA) is 186 Å². The number of carbonyl (C=O) groups is 1. The average molecular weight is 578 g/mol. The first-order valence-corrected chi connectivity index (χ1v) is 13.4. The SMILES string of the molecule is COc1c(OCNCCC(C)C)ccc2c1O[C@@H]1c3ccc(O[C@H]4O[C@H](C(=O)O)[C@@H](O)[C@H](O)[C@H]4O)cc3O[C@H](O)[C@@H]21. The van der Waals surface area contributed by atoms with Gasteiger partial charge in [-0.3, -0.25) is 5.32 Å². The monoisotopic (exact) mass is 577 g/mol. The third kappa shape index (κ3) is 5.61. The second kappa shape index (κ2) is 11.9. The number of carboxylic acids is 1. The van der Waals surface area contributed by atoms with Crippen LogP contribution in [0, 0.1) is 5.92 Å². The third-order valence-corrected chi connectivity index (χ3v) is 7.38. The van der Waals surface area contributed by atoms with Gasteiger partial charge in [-0.1, -0.05) is 19.9 Å². The fourth-order valence-electron chi connectivity index (χ4n) is 5.18. The van der Waals surface area contributed by atoms with E-state index in [0.717, 1.165) is 13.0 Å². The van der Waals surface area contributed by atoms with Gasteiger partial charge in [0.05, 0.1) is 13.0 Å². The van der Waals surface area contributed by atoms with E-state index in [1.54, 1.807) is 18.2 Å². The summed E-state index contributed by atoms with van der Waals surface area (Å²) in [5, 5.41) is 53.7. The Morgan fingerprint density at radius 1 is 1.02 bits per heavy atom. The molecule has 0 bridgehead atoms. The molecule has 0 amide bonds. The van der Waals surface area contributed by atoms with Gasteiger partial charge in [0.1, 0.15) is 42.6 Å². The van der Waals surface area contributed by atoms with Crippen molar-refractivity contribution in [2.24, 2.45) is 5.92 Å². The van der Waals surface area contributed by atoms with E-state index < -0.39 is 55.0 Å². The van der Waals surface area contributed by atoms with Gasteiger partial charge in [-0.25, -0.2) is 4.79 Å². The fourth-order valence-corrected chi connectivity index (χ4v) is 5.18. The van der Waals surface area contributed by atoms with Gasteiger partial charge in [-0.2, -0.15) is 0 Å². The molecule has 8 atom stereocenters. The van der Waals surface area contributed by atoms with Gasteiger partial charge in [0.25, 0.3) is 0 Å². The van der Waals surface area contributed by atoms with Gasteiger partial charge in [0, 0.05) is 17.2 Å². The predicted molar refractivity (Wildman–Crippen MR) is 140 cm³/mol. The number of benzene rings is 2. The summed E-state index contributed by atoms with van der Waals surface area (Å²) in [5.41, 5.74) is 1.30. The van der Waals surface area contributed by atoms with Crippen LogP contribution in [0.25, 0.3) is 0 Å². The van der Waals surface area contributed by atoms with Crippen LogP contribution in [0.4, 0.5) is 0 Å². The Hall–Kier alpha value is -3.33. The number of ether oxygens (including phenoxy) is 6. The molecule has 0 aliphatic carbocycles. The molecule has 13 heteroatoms. The molecule has 0 radical (unpaired) electrons. The number of rotatable bonds is 10. The molecular formula is C28H35NO12. The summed E-state index contributed by atoms with van der Waals surface area (Å²) in [5.74, 6) is 0.134. The van der Waals surface area contributed by atoms with Crippen LogP contribution in [0.3, 0.4) is 0 Å². The Labute approximate surface area is 236 Å². The van der Waals surface area contributed by atoms with E-state index in [1.807, 2.05) is 0 Å². The van der Waals surface area contributed by atoms with Gasteiger partial charge in [0.2, 0.25) is 18.3 Å². The molecule has 3 aliphatic rings.